The van der Waals surface area contributed by atoms with Gasteiger partial charge in [-0.1, -0.05) is 37.6 Å². The van der Waals surface area contributed by atoms with Crippen LogP contribution < -0.4 is 0 Å². The monoisotopic (exact) mass is 210 g/mol. The third-order valence-corrected chi connectivity index (χ3v) is 5.29. The van der Waals surface area contributed by atoms with Gasteiger partial charge in [0.05, 0.1) is 0 Å². The van der Waals surface area contributed by atoms with E-state index >= 15 is 0 Å². The van der Waals surface area contributed by atoms with Gasteiger partial charge in [-0.15, -0.1) is 0 Å². The molecule has 1 aliphatic rings. The zero-order valence-corrected chi connectivity index (χ0v) is 10.5. The molecule has 0 atom stereocenters. The minimum absolute atomic E-state index is 0.648. The highest BCUT2D eigenvalue weighted by atomic mass is 32.2. The van der Waals surface area contributed by atoms with Crippen molar-refractivity contribution in [3.63, 3.8) is 0 Å². The first-order valence-corrected chi connectivity index (χ1v) is 7.22. The topological polar surface area (TPSA) is 0 Å². The molecule has 0 N–H and O–H groups in total. The molecule has 0 aromatic rings. The Hall–Kier alpha value is -0.300. The Morgan fingerprint density at radius 2 is 1.93 bits per heavy atom. The van der Waals surface area contributed by atoms with Crippen LogP contribution in [0.25, 0.3) is 0 Å². The molecular formula is C13H22S. The highest BCUT2D eigenvalue weighted by Crippen LogP contribution is 2.29. The maximum Gasteiger partial charge on any atom is -0.0107 e. The maximum absolute atomic E-state index is 2.36. The molecule has 80 valence electrons. The molecule has 0 radical (unpaired) electrons. The van der Waals surface area contributed by atoms with Crippen LogP contribution >= 0.6 is 10.5 Å². The van der Waals surface area contributed by atoms with Crippen molar-refractivity contribution in [1.29, 1.82) is 0 Å². The second kappa shape index (κ2) is 6.23. The van der Waals surface area contributed by atoms with Gasteiger partial charge in [0, 0.05) is 0 Å². The minimum Gasteiger partial charge on any atom is -0.183 e. The molecule has 1 heterocycles. The molecular weight excluding hydrogens is 188 g/mol. The van der Waals surface area contributed by atoms with Crippen LogP contribution in [-0.4, -0.2) is 16.4 Å². The van der Waals surface area contributed by atoms with Crippen LogP contribution in [0.15, 0.2) is 23.8 Å². The van der Waals surface area contributed by atoms with E-state index in [1.54, 1.807) is 4.86 Å². The van der Waals surface area contributed by atoms with Gasteiger partial charge in [0.15, 0.2) is 0 Å². The fourth-order valence-electron chi connectivity index (χ4n) is 1.58. The van der Waals surface area contributed by atoms with E-state index in [1.165, 1.54) is 29.9 Å². The summed E-state index contributed by atoms with van der Waals surface area (Å²) in [5.41, 5.74) is 1.41. The van der Waals surface area contributed by atoms with E-state index in [9.17, 15) is 0 Å². The van der Waals surface area contributed by atoms with Gasteiger partial charge in [0.25, 0.3) is 0 Å². The SMILES string of the molecule is CCC=C(C)C=CC(CC)=S1CCC1. The molecule has 1 fully saturated rings. The molecule has 0 aliphatic carbocycles. The molecule has 0 saturated carbocycles. The fraction of sp³-hybridized carbons (Fsp3) is 0.615. The summed E-state index contributed by atoms with van der Waals surface area (Å²) >= 11 is 0. The Labute approximate surface area is 91.0 Å². The highest BCUT2D eigenvalue weighted by molar-refractivity contribution is 8.17. The predicted octanol–water partition coefficient (Wildman–Crippen LogP) is 4.15. The van der Waals surface area contributed by atoms with Crippen molar-refractivity contribution >= 4 is 15.3 Å². The number of hydrogen-bond acceptors (Lipinski definition) is 0. The van der Waals surface area contributed by atoms with Gasteiger partial charge in [0.2, 0.25) is 0 Å². The first kappa shape index (κ1) is 11.8. The van der Waals surface area contributed by atoms with Crippen LogP contribution in [-0.2, 0) is 0 Å². The Kier molecular flexibility index (Phi) is 5.24. The quantitative estimate of drug-likeness (QED) is 0.371. The van der Waals surface area contributed by atoms with Gasteiger partial charge in [-0.05, 0) is 42.6 Å². The van der Waals surface area contributed by atoms with Crippen molar-refractivity contribution in [1.82, 2.24) is 0 Å². The number of allylic oxidation sites excluding steroid dienone is 4. The third-order valence-electron chi connectivity index (χ3n) is 2.56. The van der Waals surface area contributed by atoms with Gasteiger partial charge in [-0.25, -0.2) is 0 Å². The summed E-state index contributed by atoms with van der Waals surface area (Å²) in [6.07, 6.45) is 10.8. The van der Waals surface area contributed by atoms with Crippen molar-refractivity contribution in [2.24, 2.45) is 0 Å². The van der Waals surface area contributed by atoms with E-state index in [0.29, 0.717) is 10.5 Å². The zero-order chi connectivity index (χ0) is 10.4. The average molecular weight is 210 g/mol. The van der Waals surface area contributed by atoms with Gasteiger partial charge in [-0.2, -0.15) is 10.5 Å². The molecule has 0 amide bonds. The van der Waals surface area contributed by atoms with Gasteiger partial charge in [-0.3, -0.25) is 0 Å². The molecule has 0 spiro atoms. The average Bonchev–Trinajstić information content (AvgIpc) is 2.09. The molecule has 1 saturated heterocycles. The summed E-state index contributed by atoms with van der Waals surface area (Å²) in [5, 5.41) is 0. The lowest BCUT2D eigenvalue weighted by atomic mass is 10.2. The van der Waals surface area contributed by atoms with Gasteiger partial charge in [0.1, 0.15) is 0 Å². The van der Waals surface area contributed by atoms with Gasteiger partial charge >= 0.3 is 0 Å². The number of hydrogen-bond donors (Lipinski definition) is 0. The molecule has 14 heavy (non-hydrogen) atoms. The van der Waals surface area contributed by atoms with E-state index in [0.717, 1.165) is 6.42 Å². The lowest BCUT2D eigenvalue weighted by Gasteiger charge is -2.21. The van der Waals surface area contributed by atoms with Crippen molar-refractivity contribution in [3.05, 3.63) is 23.8 Å². The van der Waals surface area contributed by atoms with Crippen LogP contribution in [0, 0.1) is 0 Å². The smallest absolute Gasteiger partial charge is 0.0107 e. The molecule has 0 nitrogen and oxygen atoms in total. The van der Waals surface area contributed by atoms with Crippen molar-refractivity contribution in [2.45, 2.75) is 40.0 Å². The standard InChI is InChI=1S/C13H22S/c1-4-7-12(3)8-9-13(5-2)14-10-6-11-14/h7-9H,4-6,10-11H2,1-3H3. The van der Waals surface area contributed by atoms with E-state index in [4.69, 9.17) is 0 Å². The largest absolute Gasteiger partial charge is 0.183 e. The first-order chi connectivity index (χ1) is 6.77. The third kappa shape index (κ3) is 3.45. The second-order valence-electron chi connectivity index (χ2n) is 3.76. The molecule has 1 heteroatoms. The molecule has 0 aromatic heterocycles. The second-order valence-corrected chi connectivity index (χ2v) is 6.09. The molecule has 0 bridgehead atoms. The zero-order valence-electron chi connectivity index (χ0n) is 9.68. The van der Waals surface area contributed by atoms with Crippen molar-refractivity contribution in [3.8, 4) is 0 Å². The lowest BCUT2D eigenvalue weighted by Crippen LogP contribution is -2.08. The van der Waals surface area contributed by atoms with Crippen LogP contribution in [0.2, 0.25) is 0 Å². The summed E-state index contributed by atoms with van der Waals surface area (Å²) in [7, 11) is 0.648. The first-order valence-electron chi connectivity index (χ1n) is 5.66. The van der Waals surface area contributed by atoms with Crippen LogP contribution in [0.5, 0.6) is 0 Å². The van der Waals surface area contributed by atoms with Crippen LogP contribution in [0.3, 0.4) is 0 Å². The van der Waals surface area contributed by atoms with E-state index in [1.807, 2.05) is 0 Å². The summed E-state index contributed by atoms with van der Waals surface area (Å²) in [4.78, 5) is 1.68. The van der Waals surface area contributed by atoms with Gasteiger partial charge < -0.3 is 0 Å². The lowest BCUT2D eigenvalue weighted by molar-refractivity contribution is 1.06. The summed E-state index contributed by atoms with van der Waals surface area (Å²) < 4.78 is 0. The summed E-state index contributed by atoms with van der Waals surface area (Å²) in [6.45, 7) is 6.66. The van der Waals surface area contributed by atoms with Crippen molar-refractivity contribution in [2.75, 3.05) is 11.5 Å². The van der Waals surface area contributed by atoms with E-state index in [2.05, 4.69) is 39.0 Å². The summed E-state index contributed by atoms with van der Waals surface area (Å²) in [6, 6.07) is 0. The molecule has 0 aromatic carbocycles. The van der Waals surface area contributed by atoms with Crippen LogP contribution in [0.1, 0.15) is 40.0 Å². The Morgan fingerprint density at radius 3 is 2.36 bits per heavy atom. The Bertz CT molecular complexity index is 263. The van der Waals surface area contributed by atoms with Crippen LogP contribution in [0.4, 0.5) is 0 Å². The van der Waals surface area contributed by atoms with Crippen molar-refractivity contribution < 1.29 is 0 Å². The normalized spacial score (nSPS) is 18.6. The highest BCUT2D eigenvalue weighted by Gasteiger charge is 2.09. The van der Waals surface area contributed by atoms with E-state index in [-0.39, 0.29) is 0 Å². The minimum atomic E-state index is 0.648. The maximum atomic E-state index is 2.36. The summed E-state index contributed by atoms with van der Waals surface area (Å²) in [5.74, 6) is 2.90. The predicted molar refractivity (Wildman–Crippen MR) is 70.4 cm³/mol. The fourth-order valence-corrected chi connectivity index (χ4v) is 3.35. The Morgan fingerprint density at radius 1 is 1.21 bits per heavy atom. The van der Waals surface area contributed by atoms with E-state index < -0.39 is 0 Å². The Balaban J connectivity index is 2.60. The number of rotatable bonds is 4. The molecule has 0 unspecified atom stereocenters. The molecule has 1 rings (SSSR count). The molecule has 1 aliphatic heterocycles.